The van der Waals surface area contributed by atoms with Gasteiger partial charge in [-0.3, -0.25) is 0 Å². The molecule has 0 fully saturated rings. The van der Waals surface area contributed by atoms with Crippen LogP contribution < -0.4 is 4.72 Å². The molecule has 1 N–H and O–H groups in total. The molecule has 21 heavy (non-hydrogen) atoms. The Balaban J connectivity index is 2.18. The van der Waals surface area contributed by atoms with Gasteiger partial charge in [-0.25, -0.2) is 18.6 Å². The molecule has 0 saturated heterocycles. The Hall–Kier alpha value is -1.53. The highest BCUT2D eigenvalue weighted by Crippen LogP contribution is 2.19. The van der Waals surface area contributed by atoms with Crippen LogP contribution >= 0.6 is 0 Å². The number of hydrogen-bond acceptors (Lipinski definition) is 3. The summed E-state index contributed by atoms with van der Waals surface area (Å²) in [4.78, 5) is 4.47. The third-order valence-electron chi connectivity index (χ3n) is 3.13. The topological polar surface area (TPSA) is 59.8 Å². The minimum atomic E-state index is -1.10. The van der Waals surface area contributed by atoms with Gasteiger partial charge in [-0.1, -0.05) is 0 Å². The molecule has 2 aromatic rings. The van der Waals surface area contributed by atoms with Crippen molar-refractivity contribution in [2.75, 3.05) is 0 Å². The number of nitrogens with zero attached hydrogens (tertiary/aromatic N) is 3. The molecule has 0 saturated carbocycles. The number of aryl methyl sites for hydroxylation is 1. The summed E-state index contributed by atoms with van der Waals surface area (Å²) in [5.74, 6) is 0.813. The number of nitrogens with one attached hydrogen (secondary N) is 1. The molecule has 6 heteroatoms. The van der Waals surface area contributed by atoms with Gasteiger partial charge in [-0.05, 0) is 57.9 Å². The zero-order valence-electron chi connectivity index (χ0n) is 13.1. The Bertz CT molecular complexity index is 632. The van der Waals surface area contributed by atoms with Crippen molar-refractivity contribution >= 4 is 11.0 Å². The van der Waals surface area contributed by atoms with E-state index in [2.05, 4.69) is 20.9 Å². The highest BCUT2D eigenvalue weighted by molar-refractivity contribution is 7.84. The number of rotatable bonds is 4. The molecule has 0 aromatic carbocycles. The summed E-state index contributed by atoms with van der Waals surface area (Å²) in [5.41, 5.74) is 2.05. The van der Waals surface area contributed by atoms with E-state index in [-0.39, 0.29) is 10.8 Å². The maximum Gasteiger partial charge on any atom is 0.156 e. The number of pyridine rings is 1. The largest absolute Gasteiger partial charge is 0.242 e. The van der Waals surface area contributed by atoms with Gasteiger partial charge < -0.3 is 0 Å². The second-order valence-corrected chi connectivity index (χ2v) is 8.08. The molecule has 2 atom stereocenters. The molecule has 2 heterocycles. The summed E-state index contributed by atoms with van der Waals surface area (Å²) in [6.07, 6.45) is 5.40. The Morgan fingerprint density at radius 3 is 2.62 bits per heavy atom. The smallest absolute Gasteiger partial charge is 0.156 e. The Labute approximate surface area is 128 Å². The fraction of sp³-hybridized carbons (Fsp3) is 0.467. The highest BCUT2D eigenvalue weighted by atomic mass is 32.2. The summed E-state index contributed by atoms with van der Waals surface area (Å²) in [7, 11) is -1.10. The van der Waals surface area contributed by atoms with E-state index in [1.807, 2.05) is 53.1 Å². The minimum absolute atomic E-state index is 0.0251. The van der Waals surface area contributed by atoms with E-state index in [4.69, 9.17) is 0 Å². The molecule has 0 bridgehead atoms. The highest BCUT2D eigenvalue weighted by Gasteiger charge is 2.22. The van der Waals surface area contributed by atoms with Gasteiger partial charge in [-0.15, -0.1) is 0 Å². The monoisotopic (exact) mass is 306 g/mol. The van der Waals surface area contributed by atoms with E-state index in [0.29, 0.717) is 0 Å². The van der Waals surface area contributed by atoms with Crippen molar-refractivity contribution in [3.63, 3.8) is 0 Å². The van der Waals surface area contributed by atoms with Gasteiger partial charge in [0.15, 0.2) is 5.82 Å². The van der Waals surface area contributed by atoms with E-state index >= 15 is 0 Å². The normalized spacial score (nSPS) is 14.9. The first-order chi connectivity index (χ1) is 9.79. The average Bonchev–Trinajstić information content (AvgIpc) is 2.91. The van der Waals surface area contributed by atoms with E-state index < -0.39 is 11.0 Å². The van der Waals surface area contributed by atoms with Crippen LogP contribution in [0.1, 0.15) is 44.9 Å². The van der Waals surface area contributed by atoms with Crippen molar-refractivity contribution in [1.29, 1.82) is 0 Å². The molecule has 0 aliphatic carbocycles. The van der Waals surface area contributed by atoms with Crippen LogP contribution in [-0.4, -0.2) is 23.7 Å². The van der Waals surface area contributed by atoms with Gasteiger partial charge in [0, 0.05) is 24.6 Å². The molecular weight excluding hydrogens is 284 g/mol. The third kappa shape index (κ3) is 3.77. The number of hydrogen-bond donors (Lipinski definition) is 1. The van der Waals surface area contributed by atoms with Crippen LogP contribution in [0.25, 0.3) is 5.82 Å². The maximum absolute atomic E-state index is 12.2. The van der Waals surface area contributed by atoms with Gasteiger partial charge in [0.25, 0.3) is 0 Å². The maximum atomic E-state index is 12.2. The van der Waals surface area contributed by atoms with Crippen LogP contribution in [0, 0.1) is 6.92 Å². The predicted octanol–water partition coefficient (Wildman–Crippen LogP) is 2.69. The minimum Gasteiger partial charge on any atom is -0.242 e. The van der Waals surface area contributed by atoms with Crippen molar-refractivity contribution in [1.82, 2.24) is 19.5 Å². The van der Waals surface area contributed by atoms with Gasteiger partial charge in [0.05, 0.1) is 15.7 Å². The fourth-order valence-electron chi connectivity index (χ4n) is 1.87. The van der Waals surface area contributed by atoms with Crippen molar-refractivity contribution in [2.24, 2.45) is 0 Å². The quantitative estimate of drug-likeness (QED) is 0.944. The van der Waals surface area contributed by atoms with Crippen LogP contribution in [0.2, 0.25) is 0 Å². The Morgan fingerprint density at radius 1 is 1.38 bits per heavy atom. The van der Waals surface area contributed by atoms with Crippen LogP contribution in [-0.2, 0) is 11.0 Å². The zero-order valence-corrected chi connectivity index (χ0v) is 13.9. The first-order valence-electron chi connectivity index (χ1n) is 6.93. The summed E-state index contributed by atoms with van der Waals surface area (Å²) in [5, 5.41) is 4.19. The van der Waals surface area contributed by atoms with Crippen molar-refractivity contribution in [3.05, 3.63) is 41.9 Å². The van der Waals surface area contributed by atoms with Crippen molar-refractivity contribution in [2.45, 2.75) is 45.4 Å². The molecule has 114 valence electrons. The molecular formula is C15H22N4OS. The zero-order chi connectivity index (χ0) is 15.6. The summed E-state index contributed by atoms with van der Waals surface area (Å²) in [6, 6.07) is 3.90. The molecule has 5 nitrogen and oxygen atoms in total. The molecule has 2 rings (SSSR count). The Kier molecular flexibility index (Phi) is 4.58. The fourth-order valence-corrected chi connectivity index (χ4v) is 2.68. The molecule has 2 aromatic heterocycles. The SMILES string of the molecule is Cc1cc(C(C)NS(=O)C(C)(C)C)cnc1-n1cccn1. The predicted molar refractivity (Wildman–Crippen MR) is 85.5 cm³/mol. The van der Waals surface area contributed by atoms with Gasteiger partial charge >= 0.3 is 0 Å². The lowest BCUT2D eigenvalue weighted by Crippen LogP contribution is -2.34. The number of aromatic nitrogens is 3. The van der Waals surface area contributed by atoms with Crippen molar-refractivity contribution < 1.29 is 4.21 Å². The summed E-state index contributed by atoms with van der Waals surface area (Å²) < 4.78 is 16.7. The summed E-state index contributed by atoms with van der Waals surface area (Å²) in [6.45, 7) is 9.85. The average molecular weight is 306 g/mol. The third-order valence-corrected chi connectivity index (χ3v) is 4.81. The van der Waals surface area contributed by atoms with Crippen LogP contribution in [0.4, 0.5) is 0 Å². The molecule has 0 radical (unpaired) electrons. The van der Waals surface area contributed by atoms with Crippen LogP contribution in [0.5, 0.6) is 0 Å². The lowest BCUT2D eigenvalue weighted by Gasteiger charge is -2.22. The summed E-state index contributed by atoms with van der Waals surface area (Å²) >= 11 is 0. The lowest BCUT2D eigenvalue weighted by molar-refractivity contribution is 0.615. The molecule has 0 aliphatic rings. The van der Waals surface area contributed by atoms with Crippen molar-refractivity contribution in [3.8, 4) is 5.82 Å². The first-order valence-corrected chi connectivity index (χ1v) is 8.08. The van der Waals surface area contributed by atoms with Gasteiger partial charge in [0.2, 0.25) is 0 Å². The van der Waals surface area contributed by atoms with E-state index in [1.54, 1.807) is 10.9 Å². The second-order valence-electron chi connectivity index (χ2n) is 6.08. The van der Waals surface area contributed by atoms with E-state index in [1.165, 1.54) is 0 Å². The standard InChI is InChI=1S/C15H22N4OS/c1-11-9-13(12(2)18-21(20)15(3,4)5)10-16-14(11)19-8-6-7-17-19/h6-10,12,18H,1-5H3. The Morgan fingerprint density at radius 2 is 2.10 bits per heavy atom. The van der Waals surface area contributed by atoms with Crippen LogP contribution in [0.3, 0.4) is 0 Å². The first kappa shape index (κ1) is 15.9. The van der Waals surface area contributed by atoms with Crippen LogP contribution in [0.15, 0.2) is 30.7 Å². The molecule has 0 amide bonds. The van der Waals surface area contributed by atoms with E-state index in [9.17, 15) is 4.21 Å². The van der Waals surface area contributed by atoms with E-state index in [0.717, 1.165) is 16.9 Å². The molecule has 0 aliphatic heterocycles. The molecule has 0 spiro atoms. The van der Waals surface area contributed by atoms with Gasteiger partial charge in [-0.2, -0.15) is 5.10 Å². The lowest BCUT2D eigenvalue weighted by atomic mass is 10.1. The second kappa shape index (κ2) is 6.07. The van der Waals surface area contributed by atoms with Gasteiger partial charge in [0.1, 0.15) is 0 Å². The molecule has 2 unspecified atom stereocenters.